The lowest BCUT2D eigenvalue weighted by Crippen LogP contribution is -2.22. The predicted octanol–water partition coefficient (Wildman–Crippen LogP) is 3.88. The highest BCUT2D eigenvalue weighted by molar-refractivity contribution is 8.02. The van der Waals surface area contributed by atoms with E-state index in [2.05, 4.69) is 9.79 Å². The number of thioether (sulfide) groups is 1. The summed E-state index contributed by atoms with van der Waals surface area (Å²) in [5, 5.41) is 17.6. The van der Waals surface area contributed by atoms with Crippen LogP contribution in [0.2, 0.25) is 5.02 Å². The minimum Gasteiger partial charge on any atom is -0.359 e. The van der Waals surface area contributed by atoms with Gasteiger partial charge in [0.05, 0.1) is 0 Å². The largest absolute Gasteiger partial charge is 0.359 e. The third kappa shape index (κ3) is 2.79. The maximum atomic E-state index is 11.3. The number of halogens is 1. The third-order valence-electron chi connectivity index (χ3n) is 2.69. The summed E-state index contributed by atoms with van der Waals surface area (Å²) in [4.78, 5) is 1.49. The third-order valence-corrected chi connectivity index (χ3v) is 3.76. The maximum Gasteiger partial charge on any atom is 0.248 e. The Bertz CT molecular complexity index is 768. The average molecular weight is 305 g/mol. The van der Waals surface area contributed by atoms with E-state index in [4.69, 9.17) is 11.6 Å². The fourth-order valence-corrected chi connectivity index (χ4v) is 2.50. The molecule has 0 unspecified atom stereocenters. The minimum atomic E-state index is 0.402. The molecule has 1 heterocycles. The molecule has 20 heavy (non-hydrogen) atoms. The standard InChI is InChI=1S/C14H9ClN2O2S/c15-11-2-4-12(5-3-11)20-8-7-10-1-6-13-14(9-10)17(18)19-16-13/h1-9H/b8-7+. The van der Waals surface area contributed by atoms with Crippen LogP contribution < -0.4 is 4.90 Å². The van der Waals surface area contributed by atoms with Crippen molar-refractivity contribution < 1.29 is 9.53 Å². The molecule has 0 bridgehead atoms. The van der Waals surface area contributed by atoms with Gasteiger partial charge >= 0.3 is 0 Å². The summed E-state index contributed by atoms with van der Waals surface area (Å²) in [5.41, 5.74) is 1.87. The summed E-state index contributed by atoms with van der Waals surface area (Å²) in [7, 11) is 0. The molecule has 1 aromatic heterocycles. The molecule has 0 atom stereocenters. The van der Waals surface area contributed by atoms with Crippen LogP contribution in [0, 0.1) is 5.21 Å². The van der Waals surface area contributed by atoms with E-state index in [-0.39, 0.29) is 0 Å². The molecule has 0 aliphatic heterocycles. The van der Waals surface area contributed by atoms with E-state index in [1.54, 1.807) is 23.9 Å². The summed E-state index contributed by atoms with van der Waals surface area (Å²) in [6.07, 6.45) is 1.92. The molecular weight excluding hydrogens is 296 g/mol. The van der Waals surface area contributed by atoms with Gasteiger partial charge in [-0.1, -0.05) is 29.4 Å². The van der Waals surface area contributed by atoms with E-state index in [1.165, 1.54) is 0 Å². The lowest BCUT2D eigenvalue weighted by Gasteiger charge is -1.96. The van der Waals surface area contributed by atoms with Crippen molar-refractivity contribution in [1.82, 2.24) is 5.16 Å². The molecule has 3 rings (SSSR count). The Morgan fingerprint density at radius 1 is 1.20 bits per heavy atom. The highest BCUT2D eigenvalue weighted by Crippen LogP contribution is 2.22. The second-order valence-corrected chi connectivity index (χ2v) is 5.47. The highest BCUT2D eigenvalue weighted by Gasteiger charge is 2.08. The molecule has 0 aliphatic rings. The Kier molecular flexibility index (Phi) is 3.62. The maximum absolute atomic E-state index is 11.3. The zero-order valence-corrected chi connectivity index (χ0v) is 11.8. The van der Waals surface area contributed by atoms with Gasteiger partial charge in [-0.2, -0.15) is 0 Å². The summed E-state index contributed by atoms with van der Waals surface area (Å²) < 4.78 is 4.52. The molecule has 0 aliphatic carbocycles. The Balaban J connectivity index is 1.76. The van der Waals surface area contributed by atoms with Gasteiger partial charge in [0.2, 0.25) is 11.0 Å². The monoisotopic (exact) mass is 304 g/mol. The first-order chi connectivity index (χ1) is 9.72. The predicted molar refractivity (Wildman–Crippen MR) is 79.3 cm³/mol. The van der Waals surface area contributed by atoms with Gasteiger partial charge in [0, 0.05) is 21.1 Å². The minimum absolute atomic E-state index is 0.402. The van der Waals surface area contributed by atoms with Crippen molar-refractivity contribution in [2.75, 3.05) is 0 Å². The van der Waals surface area contributed by atoms with Gasteiger partial charge in [0.25, 0.3) is 0 Å². The molecule has 0 radical (unpaired) electrons. The average Bonchev–Trinajstić information content (AvgIpc) is 2.83. The first kappa shape index (κ1) is 13.0. The van der Waals surface area contributed by atoms with Crippen molar-refractivity contribution in [2.24, 2.45) is 0 Å². The van der Waals surface area contributed by atoms with Gasteiger partial charge in [0.15, 0.2) is 0 Å². The number of hydrogen-bond donors (Lipinski definition) is 0. The van der Waals surface area contributed by atoms with Crippen LogP contribution in [-0.2, 0) is 0 Å². The SMILES string of the molecule is [O-][n+]1onc2ccc(/C=C/Sc3ccc(Cl)cc3)cc21. The topological polar surface area (TPSA) is 53.0 Å². The Morgan fingerprint density at radius 2 is 2.00 bits per heavy atom. The van der Waals surface area contributed by atoms with Crippen LogP contribution in [0.4, 0.5) is 0 Å². The molecule has 6 heteroatoms. The summed E-state index contributed by atoms with van der Waals surface area (Å²) in [6, 6.07) is 13.0. The molecule has 3 aromatic rings. The first-order valence-corrected chi connectivity index (χ1v) is 7.06. The summed E-state index contributed by atoms with van der Waals surface area (Å²) in [5.74, 6) is 0. The van der Waals surface area contributed by atoms with E-state index >= 15 is 0 Å². The van der Waals surface area contributed by atoms with Crippen molar-refractivity contribution >= 4 is 40.5 Å². The molecule has 0 fully saturated rings. The second kappa shape index (κ2) is 5.56. The normalized spacial score (nSPS) is 11.4. The van der Waals surface area contributed by atoms with Crippen LogP contribution in [0.3, 0.4) is 0 Å². The Hall–Kier alpha value is -1.98. The van der Waals surface area contributed by atoms with Crippen LogP contribution in [-0.4, -0.2) is 5.16 Å². The number of aromatic nitrogens is 2. The van der Waals surface area contributed by atoms with Crippen molar-refractivity contribution in [1.29, 1.82) is 0 Å². The zero-order chi connectivity index (χ0) is 13.9. The van der Waals surface area contributed by atoms with E-state index in [9.17, 15) is 5.21 Å². The van der Waals surface area contributed by atoms with Crippen molar-refractivity contribution in [3.63, 3.8) is 0 Å². The molecule has 0 N–H and O–H groups in total. The first-order valence-electron chi connectivity index (χ1n) is 5.81. The van der Waals surface area contributed by atoms with Crippen molar-refractivity contribution in [3.05, 3.63) is 63.7 Å². The molecule has 100 valence electrons. The molecular formula is C14H9ClN2O2S. The van der Waals surface area contributed by atoms with Gasteiger partial charge in [-0.05, 0) is 52.3 Å². The Morgan fingerprint density at radius 3 is 2.80 bits per heavy atom. The van der Waals surface area contributed by atoms with Gasteiger partial charge in [-0.3, -0.25) is 4.63 Å². The van der Waals surface area contributed by atoms with Gasteiger partial charge in [0.1, 0.15) is 0 Å². The van der Waals surface area contributed by atoms with Crippen LogP contribution in [0.5, 0.6) is 0 Å². The number of benzene rings is 2. The highest BCUT2D eigenvalue weighted by atomic mass is 35.5. The lowest BCUT2D eigenvalue weighted by molar-refractivity contribution is -0.782. The van der Waals surface area contributed by atoms with E-state index < -0.39 is 0 Å². The molecule has 4 nitrogen and oxygen atoms in total. The van der Waals surface area contributed by atoms with Crippen molar-refractivity contribution in [3.8, 4) is 0 Å². The zero-order valence-electron chi connectivity index (χ0n) is 10.2. The fourth-order valence-electron chi connectivity index (χ4n) is 1.70. The van der Waals surface area contributed by atoms with Gasteiger partial charge < -0.3 is 5.21 Å². The Labute approximate surface area is 124 Å². The molecule has 0 spiro atoms. The smallest absolute Gasteiger partial charge is 0.248 e. The quantitative estimate of drug-likeness (QED) is 0.544. The summed E-state index contributed by atoms with van der Waals surface area (Å²) >= 11 is 7.40. The lowest BCUT2D eigenvalue weighted by atomic mass is 10.2. The van der Waals surface area contributed by atoms with E-state index in [0.29, 0.717) is 15.9 Å². The van der Waals surface area contributed by atoms with Gasteiger partial charge in [-0.25, -0.2) is 0 Å². The van der Waals surface area contributed by atoms with Crippen LogP contribution in [0.1, 0.15) is 5.56 Å². The number of fused-ring (bicyclic) bond motifs is 1. The van der Waals surface area contributed by atoms with E-state index in [1.807, 2.05) is 41.8 Å². The number of nitrogens with zero attached hydrogens (tertiary/aromatic N) is 2. The van der Waals surface area contributed by atoms with Gasteiger partial charge in [-0.15, -0.1) is 0 Å². The van der Waals surface area contributed by atoms with Crippen LogP contribution in [0.15, 0.2) is 57.4 Å². The molecule has 0 saturated heterocycles. The molecule has 2 aromatic carbocycles. The van der Waals surface area contributed by atoms with E-state index in [0.717, 1.165) is 15.5 Å². The second-order valence-electron chi connectivity index (χ2n) is 4.05. The number of rotatable bonds is 3. The molecule has 0 amide bonds. The van der Waals surface area contributed by atoms with Crippen LogP contribution in [0.25, 0.3) is 17.1 Å². The summed E-state index contributed by atoms with van der Waals surface area (Å²) in [6.45, 7) is 0. The van der Waals surface area contributed by atoms with Crippen LogP contribution >= 0.6 is 23.4 Å². The number of hydrogen-bond acceptors (Lipinski definition) is 4. The van der Waals surface area contributed by atoms with Crippen molar-refractivity contribution in [2.45, 2.75) is 4.90 Å². The fraction of sp³-hybridized carbons (Fsp3) is 0. The molecule has 0 saturated carbocycles.